The van der Waals surface area contributed by atoms with Crippen molar-refractivity contribution in [3.8, 4) is 5.88 Å². The summed E-state index contributed by atoms with van der Waals surface area (Å²) in [5.41, 5.74) is 0. The van der Waals surface area contributed by atoms with E-state index in [0.29, 0.717) is 11.7 Å². The second kappa shape index (κ2) is 5.43. The summed E-state index contributed by atoms with van der Waals surface area (Å²) >= 11 is 0. The molecule has 1 unspecified atom stereocenters. The van der Waals surface area contributed by atoms with E-state index in [2.05, 4.69) is 21.4 Å². The monoisotopic (exact) mass is 233 g/mol. The fraction of sp³-hybridized carbons (Fsp3) is 0.417. The average Bonchev–Trinajstić information content (AvgIpc) is 2.40. The molecule has 90 valence electrons. The first kappa shape index (κ1) is 11.6. The summed E-state index contributed by atoms with van der Waals surface area (Å²) in [6.07, 6.45) is 8.19. The molecule has 17 heavy (non-hydrogen) atoms. The van der Waals surface area contributed by atoms with Crippen LogP contribution in [0.5, 0.6) is 5.88 Å². The number of carbonyl (C=O) groups excluding carboxylic acids is 1. The molecule has 0 spiro atoms. The Morgan fingerprint density at radius 2 is 2.35 bits per heavy atom. The van der Waals surface area contributed by atoms with Crippen LogP contribution in [-0.2, 0) is 4.79 Å². The number of hydrogen-bond acceptors (Lipinski definition) is 4. The van der Waals surface area contributed by atoms with Gasteiger partial charge < -0.3 is 10.1 Å². The number of methoxy groups -OCH3 is 1. The Balaban J connectivity index is 1.99. The second-order valence-electron chi connectivity index (χ2n) is 3.92. The van der Waals surface area contributed by atoms with Crippen LogP contribution in [0.2, 0.25) is 0 Å². The molecule has 1 aromatic rings. The van der Waals surface area contributed by atoms with Crippen molar-refractivity contribution in [1.29, 1.82) is 0 Å². The summed E-state index contributed by atoms with van der Waals surface area (Å²) in [7, 11) is 1.53. The Labute approximate surface area is 99.9 Å². The van der Waals surface area contributed by atoms with Crippen LogP contribution in [0.15, 0.2) is 24.5 Å². The number of rotatable bonds is 3. The molecule has 0 aromatic carbocycles. The van der Waals surface area contributed by atoms with Crippen LogP contribution < -0.4 is 10.1 Å². The molecule has 5 nitrogen and oxygen atoms in total. The predicted molar refractivity (Wildman–Crippen MR) is 63.7 cm³/mol. The molecule has 1 aliphatic carbocycles. The smallest absolute Gasteiger partial charge is 0.228 e. The van der Waals surface area contributed by atoms with E-state index in [1.807, 2.05) is 6.08 Å². The van der Waals surface area contributed by atoms with Crippen molar-refractivity contribution in [3.63, 3.8) is 0 Å². The molecule has 1 heterocycles. The Kier molecular flexibility index (Phi) is 3.69. The highest BCUT2D eigenvalue weighted by Crippen LogP contribution is 2.20. The Bertz CT molecular complexity index is 432. The van der Waals surface area contributed by atoms with E-state index in [1.165, 1.54) is 13.4 Å². The third kappa shape index (κ3) is 3.03. The zero-order valence-electron chi connectivity index (χ0n) is 9.72. The van der Waals surface area contributed by atoms with Gasteiger partial charge in [-0.15, -0.1) is 0 Å². The first-order chi connectivity index (χ1) is 8.29. The summed E-state index contributed by atoms with van der Waals surface area (Å²) in [4.78, 5) is 19.8. The normalized spacial score (nSPS) is 18.8. The minimum Gasteiger partial charge on any atom is -0.481 e. The van der Waals surface area contributed by atoms with Crippen molar-refractivity contribution in [2.24, 2.45) is 5.92 Å². The van der Waals surface area contributed by atoms with Crippen LogP contribution in [0, 0.1) is 5.92 Å². The third-order valence-corrected chi connectivity index (χ3v) is 2.74. The molecular formula is C12H15N3O2. The number of allylic oxidation sites excluding steroid dienone is 2. The molecule has 0 radical (unpaired) electrons. The van der Waals surface area contributed by atoms with Gasteiger partial charge in [0.2, 0.25) is 11.8 Å². The van der Waals surface area contributed by atoms with Gasteiger partial charge in [0.15, 0.2) is 0 Å². The Morgan fingerprint density at radius 3 is 3.06 bits per heavy atom. The number of nitrogens with zero attached hydrogens (tertiary/aromatic N) is 2. The van der Waals surface area contributed by atoms with Crippen LogP contribution in [0.1, 0.15) is 19.3 Å². The van der Waals surface area contributed by atoms with E-state index in [4.69, 9.17) is 4.74 Å². The third-order valence-electron chi connectivity index (χ3n) is 2.74. The largest absolute Gasteiger partial charge is 0.481 e. The number of nitrogens with one attached hydrogen (secondary N) is 1. The van der Waals surface area contributed by atoms with Crippen molar-refractivity contribution in [1.82, 2.24) is 9.97 Å². The van der Waals surface area contributed by atoms with E-state index in [1.54, 1.807) is 6.07 Å². The molecule has 0 bridgehead atoms. The van der Waals surface area contributed by atoms with Crippen molar-refractivity contribution in [3.05, 3.63) is 24.5 Å². The topological polar surface area (TPSA) is 64.1 Å². The maximum atomic E-state index is 11.9. The lowest BCUT2D eigenvalue weighted by Crippen LogP contribution is -2.24. The first-order valence-corrected chi connectivity index (χ1v) is 5.61. The SMILES string of the molecule is COc1cc(NC(=O)C2CC=CCC2)ncn1. The van der Waals surface area contributed by atoms with E-state index in [0.717, 1.165) is 19.3 Å². The van der Waals surface area contributed by atoms with Gasteiger partial charge in [-0.05, 0) is 19.3 Å². The van der Waals surface area contributed by atoms with Crippen molar-refractivity contribution >= 4 is 11.7 Å². The molecule has 1 atom stereocenters. The summed E-state index contributed by atoms with van der Waals surface area (Å²) in [5.74, 6) is 0.978. The minimum absolute atomic E-state index is 0.00935. The lowest BCUT2D eigenvalue weighted by Gasteiger charge is -2.16. The van der Waals surface area contributed by atoms with Gasteiger partial charge in [-0.25, -0.2) is 9.97 Å². The summed E-state index contributed by atoms with van der Waals surface area (Å²) in [6, 6.07) is 1.61. The van der Waals surface area contributed by atoms with Gasteiger partial charge in [-0.3, -0.25) is 4.79 Å². The summed E-state index contributed by atoms with van der Waals surface area (Å²) < 4.78 is 4.97. The van der Waals surface area contributed by atoms with Crippen LogP contribution in [0.4, 0.5) is 5.82 Å². The highest BCUT2D eigenvalue weighted by molar-refractivity contribution is 5.91. The van der Waals surface area contributed by atoms with Gasteiger partial charge in [0, 0.05) is 12.0 Å². The zero-order chi connectivity index (χ0) is 12.1. The summed E-state index contributed by atoms with van der Waals surface area (Å²) in [5, 5.41) is 2.78. The zero-order valence-corrected chi connectivity index (χ0v) is 9.72. The first-order valence-electron chi connectivity index (χ1n) is 5.61. The van der Waals surface area contributed by atoms with Crippen molar-refractivity contribution in [2.45, 2.75) is 19.3 Å². The molecular weight excluding hydrogens is 218 g/mol. The van der Waals surface area contributed by atoms with Gasteiger partial charge in [0.25, 0.3) is 0 Å². The molecule has 1 aromatic heterocycles. The Hall–Kier alpha value is -1.91. The van der Waals surface area contributed by atoms with E-state index >= 15 is 0 Å². The van der Waals surface area contributed by atoms with Crippen molar-refractivity contribution in [2.75, 3.05) is 12.4 Å². The predicted octanol–water partition coefficient (Wildman–Crippen LogP) is 1.78. The molecule has 1 aliphatic rings. The van der Waals surface area contributed by atoms with Gasteiger partial charge in [0.1, 0.15) is 12.1 Å². The standard InChI is InChI=1S/C12H15N3O2/c1-17-11-7-10(13-8-14-11)15-12(16)9-5-3-2-4-6-9/h2-3,7-9H,4-6H2,1H3,(H,13,14,15,16). The molecule has 2 rings (SSSR count). The van der Waals surface area contributed by atoms with E-state index < -0.39 is 0 Å². The number of hydrogen-bond donors (Lipinski definition) is 1. The molecule has 0 saturated heterocycles. The molecule has 1 amide bonds. The van der Waals surface area contributed by atoms with Gasteiger partial charge in [-0.2, -0.15) is 0 Å². The van der Waals surface area contributed by atoms with Crippen LogP contribution in [0.3, 0.4) is 0 Å². The quantitative estimate of drug-likeness (QED) is 0.808. The van der Waals surface area contributed by atoms with Gasteiger partial charge in [0.05, 0.1) is 7.11 Å². The number of amides is 1. The van der Waals surface area contributed by atoms with Crippen LogP contribution >= 0.6 is 0 Å². The maximum Gasteiger partial charge on any atom is 0.228 e. The Morgan fingerprint density at radius 1 is 1.47 bits per heavy atom. The highest BCUT2D eigenvalue weighted by Gasteiger charge is 2.19. The maximum absolute atomic E-state index is 11.9. The second-order valence-corrected chi connectivity index (χ2v) is 3.92. The van der Waals surface area contributed by atoms with E-state index in [-0.39, 0.29) is 11.8 Å². The average molecular weight is 233 g/mol. The highest BCUT2D eigenvalue weighted by atomic mass is 16.5. The van der Waals surface area contributed by atoms with Crippen LogP contribution in [-0.4, -0.2) is 23.0 Å². The van der Waals surface area contributed by atoms with E-state index in [9.17, 15) is 4.79 Å². The molecule has 0 saturated carbocycles. The summed E-state index contributed by atoms with van der Waals surface area (Å²) in [6.45, 7) is 0. The van der Waals surface area contributed by atoms with Crippen LogP contribution in [0.25, 0.3) is 0 Å². The molecule has 0 aliphatic heterocycles. The van der Waals surface area contributed by atoms with Crippen molar-refractivity contribution < 1.29 is 9.53 Å². The lowest BCUT2D eigenvalue weighted by atomic mass is 9.94. The number of carbonyl (C=O) groups is 1. The lowest BCUT2D eigenvalue weighted by molar-refractivity contribution is -0.120. The molecule has 5 heteroatoms. The fourth-order valence-corrected chi connectivity index (χ4v) is 1.78. The molecule has 1 N–H and O–H groups in total. The van der Waals surface area contributed by atoms with Gasteiger partial charge in [-0.1, -0.05) is 12.2 Å². The molecule has 0 fully saturated rings. The fourth-order valence-electron chi connectivity index (χ4n) is 1.78. The number of anilines is 1. The minimum atomic E-state index is 0.00935. The number of ether oxygens (including phenoxy) is 1. The number of aromatic nitrogens is 2. The van der Waals surface area contributed by atoms with Gasteiger partial charge >= 0.3 is 0 Å².